The van der Waals surface area contributed by atoms with Gasteiger partial charge in [-0.05, 0) is 43.2 Å². The van der Waals surface area contributed by atoms with Gasteiger partial charge in [0.25, 0.3) is 0 Å². The van der Waals surface area contributed by atoms with Crippen molar-refractivity contribution in [2.24, 2.45) is 0 Å². The minimum Gasteiger partial charge on any atom is -0.422 e. The van der Waals surface area contributed by atoms with Gasteiger partial charge in [0.2, 0.25) is 10.0 Å². The van der Waals surface area contributed by atoms with Crippen LogP contribution in [0.2, 0.25) is 0 Å². The molecule has 1 aliphatic heterocycles. The summed E-state index contributed by atoms with van der Waals surface area (Å²) in [6.07, 6.45) is 1.75. The van der Waals surface area contributed by atoms with E-state index in [1.54, 1.807) is 24.3 Å². The molecular weight excluding hydrogens is 402 g/mol. The van der Waals surface area contributed by atoms with Crippen molar-refractivity contribution in [2.45, 2.75) is 17.7 Å². The molecule has 1 saturated heterocycles. The fraction of sp³-hybridized carbons (Fsp3) is 0.267. The van der Waals surface area contributed by atoms with Gasteiger partial charge in [-0.1, -0.05) is 15.9 Å². The zero-order chi connectivity index (χ0) is 16.4. The molecule has 1 aromatic carbocycles. The van der Waals surface area contributed by atoms with E-state index in [1.165, 1.54) is 15.8 Å². The van der Waals surface area contributed by atoms with Crippen molar-refractivity contribution in [3.05, 3.63) is 45.1 Å². The summed E-state index contributed by atoms with van der Waals surface area (Å²) in [6, 6.07) is 8.25. The maximum absolute atomic E-state index is 12.4. The summed E-state index contributed by atoms with van der Waals surface area (Å²) in [4.78, 5) is 12.6. The molecule has 0 bridgehead atoms. The molecule has 0 N–H and O–H groups in total. The van der Waals surface area contributed by atoms with Crippen LogP contribution >= 0.6 is 27.3 Å². The third-order valence-electron chi connectivity index (χ3n) is 3.50. The molecule has 23 heavy (non-hydrogen) atoms. The number of nitrogens with zero attached hydrogens (tertiary/aromatic N) is 1. The van der Waals surface area contributed by atoms with Crippen molar-refractivity contribution in [1.82, 2.24) is 4.31 Å². The predicted molar refractivity (Wildman–Crippen MR) is 91.4 cm³/mol. The van der Waals surface area contributed by atoms with Crippen LogP contribution < -0.4 is 4.74 Å². The molecule has 122 valence electrons. The SMILES string of the molecule is O=C(Oc1ccc(Br)cc1)c1cc(S(=O)(=O)N2CCCC2)cs1. The first kappa shape index (κ1) is 16.6. The van der Waals surface area contributed by atoms with E-state index in [2.05, 4.69) is 15.9 Å². The minimum atomic E-state index is -3.50. The van der Waals surface area contributed by atoms with Crippen LogP contribution in [-0.2, 0) is 10.0 Å². The van der Waals surface area contributed by atoms with Gasteiger partial charge in [-0.15, -0.1) is 11.3 Å². The maximum atomic E-state index is 12.4. The molecule has 0 spiro atoms. The summed E-state index contributed by atoms with van der Waals surface area (Å²) in [6.45, 7) is 1.08. The predicted octanol–water partition coefficient (Wildman–Crippen LogP) is 3.51. The highest BCUT2D eigenvalue weighted by atomic mass is 79.9. The Morgan fingerprint density at radius 3 is 2.48 bits per heavy atom. The normalized spacial score (nSPS) is 15.7. The molecule has 2 aromatic rings. The van der Waals surface area contributed by atoms with Crippen LogP contribution in [0.25, 0.3) is 0 Å². The van der Waals surface area contributed by atoms with E-state index in [0.29, 0.717) is 18.8 Å². The molecule has 0 aliphatic carbocycles. The smallest absolute Gasteiger partial charge is 0.353 e. The fourth-order valence-electron chi connectivity index (χ4n) is 2.30. The van der Waals surface area contributed by atoms with Crippen LogP contribution in [0.4, 0.5) is 0 Å². The second kappa shape index (κ2) is 6.72. The second-order valence-electron chi connectivity index (χ2n) is 5.10. The quantitative estimate of drug-likeness (QED) is 0.565. The molecule has 1 aliphatic rings. The van der Waals surface area contributed by atoms with Crippen molar-refractivity contribution in [3.8, 4) is 5.75 Å². The lowest BCUT2D eigenvalue weighted by molar-refractivity contribution is 0.0739. The van der Waals surface area contributed by atoms with E-state index < -0.39 is 16.0 Å². The van der Waals surface area contributed by atoms with Crippen LogP contribution in [0.15, 0.2) is 45.1 Å². The summed E-state index contributed by atoms with van der Waals surface area (Å²) in [5.41, 5.74) is 0. The highest BCUT2D eigenvalue weighted by Gasteiger charge is 2.29. The maximum Gasteiger partial charge on any atom is 0.353 e. The zero-order valence-corrected chi connectivity index (χ0v) is 15.3. The number of hydrogen-bond donors (Lipinski definition) is 0. The van der Waals surface area contributed by atoms with Gasteiger partial charge in [-0.3, -0.25) is 0 Å². The average molecular weight is 416 g/mol. The van der Waals surface area contributed by atoms with Crippen LogP contribution in [0.1, 0.15) is 22.5 Å². The Morgan fingerprint density at radius 1 is 1.17 bits per heavy atom. The first-order valence-electron chi connectivity index (χ1n) is 7.03. The van der Waals surface area contributed by atoms with E-state index in [9.17, 15) is 13.2 Å². The molecule has 1 fully saturated rings. The molecule has 0 unspecified atom stereocenters. The van der Waals surface area contributed by atoms with Gasteiger partial charge in [0.05, 0.1) is 4.90 Å². The van der Waals surface area contributed by atoms with Gasteiger partial charge in [-0.2, -0.15) is 4.31 Å². The van der Waals surface area contributed by atoms with E-state index in [1.807, 2.05) is 0 Å². The van der Waals surface area contributed by atoms with Crippen molar-refractivity contribution in [2.75, 3.05) is 13.1 Å². The third-order valence-corrected chi connectivity index (χ3v) is 6.97. The molecular formula is C15H14BrNO4S2. The lowest BCUT2D eigenvalue weighted by Crippen LogP contribution is -2.27. The Labute approximate surface area is 147 Å². The van der Waals surface area contributed by atoms with Gasteiger partial charge in [-0.25, -0.2) is 13.2 Å². The number of halogens is 1. The standard InChI is InChI=1S/C15H14BrNO4S2/c16-11-3-5-12(6-4-11)21-15(18)14-9-13(10-22-14)23(19,20)17-7-1-2-8-17/h3-6,9-10H,1-2,7-8H2. The first-order valence-corrected chi connectivity index (χ1v) is 10.1. The van der Waals surface area contributed by atoms with Gasteiger partial charge < -0.3 is 4.74 Å². The number of rotatable bonds is 4. The summed E-state index contributed by atoms with van der Waals surface area (Å²) >= 11 is 4.38. The molecule has 0 amide bonds. The Balaban J connectivity index is 1.76. The number of carbonyl (C=O) groups is 1. The summed E-state index contributed by atoms with van der Waals surface area (Å²) in [5.74, 6) is -0.143. The molecule has 0 atom stereocenters. The van der Waals surface area contributed by atoms with Crippen LogP contribution in [0.3, 0.4) is 0 Å². The van der Waals surface area contributed by atoms with E-state index in [0.717, 1.165) is 28.7 Å². The number of hydrogen-bond acceptors (Lipinski definition) is 5. The number of thiophene rings is 1. The second-order valence-corrected chi connectivity index (χ2v) is 8.87. The van der Waals surface area contributed by atoms with E-state index in [-0.39, 0.29) is 9.77 Å². The molecule has 8 heteroatoms. The number of ether oxygens (including phenoxy) is 1. The van der Waals surface area contributed by atoms with Crippen molar-refractivity contribution in [3.63, 3.8) is 0 Å². The number of sulfonamides is 1. The summed E-state index contributed by atoms with van der Waals surface area (Å²) in [7, 11) is -3.50. The van der Waals surface area contributed by atoms with Gasteiger partial charge in [0.15, 0.2) is 0 Å². The lowest BCUT2D eigenvalue weighted by Gasteiger charge is -2.13. The minimum absolute atomic E-state index is 0.159. The largest absolute Gasteiger partial charge is 0.422 e. The Bertz CT molecular complexity index is 808. The molecule has 3 rings (SSSR count). The average Bonchev–Trinajstić information content (AvgIpc) is 3.21. The molecule has 0 radical (unpaired) electrons. The first-order chi connectivity index (χ1) is 11.0. The van der Waals surface area contributed by atoms with Crippen LogP contribution in [0, 0.1) is 0 Å². The summed E-state index contributed by atoms with van der Waals surface area (Å²) < 4.78 is 32.5. The van der Waals surface area contributed by atoms with Gasteiger partial charge in [0, 0.05) is 22.9 Å². The molecule has 5 nitrogen and oxygen atoms in total. The molecule has 2 heterocycles. The van der Waals surface area contributed by atoms with Gasteiger partial charge >= 0.3 is 5.97 Å². The number of carbonyl (C=O) groups excluding carboxylic acids is 1. The highest BCUT2D eigenvalue weighted by Crippen LogP contribution is 2.26. The molecule has 0 saturated carbocycles. The number of benzene rings is 1. The topological polar surface area (TPSA) is 63.7 Å². The highest BCUT2D eigenvalue weighted by molar-refractivity contribution is 9.10. The number of esters is 1. The van der Waals surface area contributed by atoms with Gasteiger partial charge in [0.1, 0.15) is 10.6 Å². The van der Waals surface area contributed by atoms with Crippen LogP contribution in [0.5, 0.6) is 5.75 Å². The van der Waals surface area contributed by atoms with E-state index in [4.69, 9.17) is 4.74 Å². The Morgan fingerprint density at radius 2 is 1.83 bits per heavy atom. The summed E-state index contributed by atoms with van der Waals surface area (Å²) in [5, 5.41) is 1.49. The van der Waals surface area contributed by atoms with Crippen LogP contribution in [-0.4, -0.2) is 31.8 Å². The van der Waals surface area contributed by atoms with Crippen molar-refractivity contribution < 1.29 is 17.9 Å². The zero-order valence-electron chi connectivity index (χ0n) is 12.1. The van der Waals surface area contributed by atoms with Crippen molar-refractivity contribution in [1.29, 1.82) is 0 Å². The Kier molecular flexibility index (Phi) is 4.86. The lowest BCUT2D eigenvalue weighted by atomic mass is 10.3. The monoisotopic (exact) mass is 415 g/mol. The third kappa shape index (κ3) is 3.65. The Hall–Kier alpha value is -1.22. The van der Waals surface area contributed by atoms with E-state index >= 15 is 0 Å². The molecule has 1 aromatic heterocycles. The fourth-order valence-corrected chi connectivity index (χ4v) is 5.22. The van der Waals surface area contributed by atoms with Crippen molar-refractivity contribution >= 4 is 43.3 Å².